The maximum Gasteiger partial charge on any atom is 0.321 e. The molecule has 0 atom stereocenters. The van der Waals surface area contributed by atoms with E-state index in [1.165, 1.54) is 0 Å². The van der Waals surface area contributed by atoms with Crippen molar-refractivity contribution in [2.24, 2.45) is 10.9 Å². The van der Waals surface area contributed by atoms with Gasteiger partial charge in [0.2, 0.25) is 0 Å². The molecule has 1 aromatic carbocycles. The van der Waals surface area contributed by atoms with Gasteiger partial charge in [-0.15, -0.1) is 0 Å². The van der Waals surface area contributed by atoms with Gasteiger partial charge in [-0.05, 0) is 19.1 Å². The maximum absolute atomic E-state index is 12.1. The van der Waals surface area contributed by atoms with Gasteiger partial charge in [0.05, 0.1) is 6.54 Å². The van der Waals surface area contributed by atoms with Crippen LogP contribution in [0, 0.1) is 6.92 Å². The van der Waals surface area contributed by atoms with Crippen LogP contribution in [-0.4, -0.2) is 59.6 Å². The standard InChI is InChI=1S/C14H21N5O2/c1-11-2-4-12(5-3-11)16-14(20)19-8-6-18(7-9-19)10-13(15)17-21/h2-5,21H,6-10H2,1H3,(H2,15,17)(H,16,20). The van der Waals surface area contributed by atoms with E-state index in [0.29, 0.717) is 32.7 Å². The number of carbonyl (C=O) groups excluding carboxylic acids is 1. The smallest absolute Gasteiger partial charge is 0.321 e. The molecule has 21 heavy (non-hydrogen) atoms. The highest BCUT2D eigenvalue weighted by Gasteiger charge is 2.21. The van der Waals surface area contributed by atoms with Crippen molar-refractivity contribution in [3.8, 4) is 0 Å². The summed E-state index contributed by atoms with van der Waals surface area (Å²) in [4.78, 5) is 16.0. The molecule has 7 heteroatoms. The van der Waals surface area contributed by atoms with Crippen molar-refractivity contribution in [1.82, 2.24) is 9.80 Å². The topological polar surface area (TPSA) is 94.2 Å². The van der Waals surface area contributed by atoms with Crippen LogP contribution in [0.2, 0.25) is 0 Å². The van der Waals surface area contributed by atoms with Crippen molar-refractivity contribution in [1.29, 1.82) is 0 Å². The first-order valence-electron chi connectivity index (χ1n) is 6.90. The molecule has 1 heterocycles. The van der Waals surface area contributed by atoms with Crippen molar-refractivity contribution in [3.05, 3.63) is 29.8 Å². The van der Waals surface area contributed by atoms with Gasteiger partial charge in [0.25, 0.3) is 0 Å². The minimum atomic E-state index is -0.0951. The van der Waals surface area contributed by atoms with E-state index in [-0.39, 0.29) is 11.9 Å². The molecule has 4 N–H and O–H groups in total. The Morgan fingerprint density at radius 1 is 1.29 bits per heavy atom. The third-order valence-corrected chi connectivity index (χ3v) is 3.48. The fourth-order valence-corrected chi connectivity index (χ4v) is 2.21. The minimum absolute atomic E-state index is 0.0951. The Morgan fingerprint density at radius 2 is 1.90 bits per heavy atom. The van der Waals surface area contributed by atoms with Crippen LogP contribution in [0.4, 0.5) is 10.5 Å². The lowest BCUT2D eigenvalue weighted by Gasteiger charge is -2.34. The Balaban J connectivity index is 1.81. The predicted molar refractivity (Wildman–Crippen MR) is 81.6 cm³/mol. The van der Waals surface area contributed by atoms with E-state index in [1.54, 1.807) is 4.90 Å². The highest BCUT2D eigenvalue weighted by molar-refractivity contribution is 5.89. The monoisotopic (exact) mass is 291 g/mol. The Bertz CT molecular complexity index is 507. The molecule has 0 radical (unpaired) electrons. The predicted octanol–water partition coefficient (Wildman–Crippen LogP) is 0.891. The average Bonchev–Trinajstić information content (AvgIpc) is 2.50. The van der Waals surface area contributed by atoms with Crippen LogP contribution in [0.25, 0.3) is 0 Å². The van der Waals surface area contributed by atoms with Gasteiger partial charge in [-0.2, -0.15) is 0 Å². The first-order chi connectivity index (χ1) is 10.1. The molecule has 0 saturated carbocycles. The number of aryl methyl sites for hydroxylation is 1. The second kappa shape index (κ2) is 6.94. The van der Waals surface area contributed by atoms with Crippen molar-refractivity contribution >= 4 is 17.6 Å². The quantitative estimate of drug-likeness (QED) is 0.334. The molecule has 0 bridgehead atoms. The van der Waals surface area contributed by atoms with Gasteiger partial charge < -0.3 is 21.2 Å². The minimum Gasteiger partial charge on any atom is -0.409 e. The SMILES string of the molecule is Cc1ccc(NC(=O)N2CCN(CC(N)=NO)CC2)cc1. The number of rotatable bonds is 3. The molecule has 2 rings (SSSR count). The van der Waals surface area contributed by atoms with Gasteiger partial charge in [-0.25, -0.2) is 4.79 Å². The van der Waals surface area contributed by atoms with Gasteiger partial charge in [0.15, 0.2) is 5.84 Å². The van der Waals surface area contributed by atoms with Gasteiger partial charge in [0, 0.05) is 31.9 Å². The number of amides is 2. The van der Waals surface area contributed by atoms with Gasteiger partial charge >= 0.3 is 6.03 Å². The summed E-state index contributed by atoms with van der Waals surface area (Å²) in [6.07, 6.45) is 0. The molecule has 114 valence electrons. The van der Waals surface area contributed by atoms with E-state index in [2.05, 4.69) is 10.5 Å². The number of nitrogens with two attached hydrogens (primary N) is 1. The first kappa shape index (κ1) is 15.1. The van der Waals surface area contributed by atoms with Crippen molar-refractivity contribution in [2.75, 3.05) is 38.0 Å². The molecular weight excluding hydrogens is 270 g/mol. The number of amidine groups is 1. The first-order valence-corrected chi connectivity index (χ1v) is 6.90. The molecule has 1 saturated heterocycles. The highest BCUT2D eigenvalue weighted by Crippen LogP contribution is 2.10. The summed E-state index contributed by atoms with van der Waals surface area (Å²) >= 11 is 0. The van der Waals surface area contributed by atoms with Crippen molar-refractivity contribution in [2.45, 2.75) is 6.92 Å². The molecule has 2 amide bonds. The normalized spacial score (nSPS) is 16.8. The Hall–Kier alpha value is -2.28. The zero-order valence-electron chi connectivity index (χ0n) is 12.1. The second-order valence-electron chi connectivity index (χ2n) is 5.15. The number of nitrogens with one attached hydrogen (secondary N) is 1. The summed E-state index contributed by atoms with van der Waals surface area (Å²) in [6, 6.07) is 7.61. The van der Waals surface area contributed by atoms with E-state index in [1.807, 2.05) is 36.1 Å². The lowest BCUT2D eigenvalue weighted by molar-refractivity contribution is 0.157. The van der Waals surface area contributed by atoms with Crippen LogP contribution in [0.15, 0.2) is 29.4 Å². The summed E-state index contributed by atoms with van der Waals surface area (Å²) in [6.45, 7) is 5.08. The second-order valence-corrected chi connectivity index (χ2v) is 5.15. The van der Waals surface area contributed by atoms with Crippen molar-refractivity contribution < 1.29 is 10.0 Å². The molecule has 0 unspecified atom stereocenters. The highest BCUT2D eigenvalue weighted by atomic mass is 16.4. The third-order valence-electron chi connectivity index (χ3n) is 3.48. The van der Waals surface area contributed by atoms with Crippen LogP contribution in [0.1, 0.15) is 5.56 Å². The molecule has 7 nitrogen and oxygen atoms in total. The zero-order valence-corrected chi connectivity index (χ0v) is 12.1. The molecule has 1 aliphatic rings. The van der Waals surface area contributed by atoms with Gasteiger partial charge in [-0.1, -0.05) is 22.9 Å². The molecule has 0 spiro atoms. The number of oxime groups is 1. The molecule has 1 fully saturated rings. The lowest BCUT2D eigenvalue weighted by atomic mass is 10.2. The van der Waals surface area contributed by atoms with Crippen LogP contribution in [0.5, 0.6) is 0 Å². The Labute approximate surface area is 124 Å². The Morgan fingerprint density at radius 3 is 2.48 bits per heavy atom. The number of piperazine rings is 1. The average molecular weight is 291 g/mol. The van der Waals surface area contributed by atoms with E-state index in [0.717, 1.165) is 11.3 Å². The van der Waals surface area contributed by atoms with Gasteiger partial charge in [0.1, 0.15) is 0 Å². The summed E-state index contributed by atoms with van der Waals surface area (Å²) in [5.41, 5.74) is 7.43. The van der Waals surface area contributed by atoms with Crippen LogP contribution < -0.4 is 11.1 Å². The third kappa shape index (κ3) is 4.35. The van der Waals surface area contributed by atoms with E-state index >= 15 is 0 Å². The molecule has 0 aromatic heterocycles. The number of hydrogen-bond acceptors (Lipinski definition) is 4. The summed E-state index contributed by atoms with van der Waals surface area (Å²) in [7, 11) is 0. The molecule has 1 aliphatic heterocycles. The van der Waals surface area contributed by atoms with E-state index in [9.17, 15) is 4.79 Å². The summed E-state index contributed by atoms with van der Waals surface area (Å²) < 4.78 is 0. The number of benzene rings is 1. The number of urea groups is 1. The fourth-order valence-electron chi connectivity index (χ4n) is 2.21. The van der Waals surface area contributed by atoms with Crippen LogP contribution in [-0.2, 0) is 0 Å². The maximum atomic E-state index is 12.1. The molecular formula is C14H21N5O2. The van der Waals surface area contributed by atoms with Crippen LogP contribution in [0.3, 0.4) is 0 Å². The van der Waals surface area contributed by atoms with E-state index < -0.39 is 0 Å². The summed E-state index contributed by atoms with van der Waals surface area (Å²) in [5.74, 6) is 0.188. The van der Waals surface area contributed by atoms with Crippen molar-refractivity contribution in [3.63, 3.8) is 0 Å². The zero-order chi connectivity index (χ0) is 15.2. The molecule has 0 aliphatic carbocycles. The largest absolute Gasteiger partial charge is 0.409 e. The lowest BCUT2D eigenvalue weighted by Crippen LogP contribution is -2.51. The fraction of sp³-hybridized carbons (Fsp3) is 0.429. The van der Waals surface area contributed by atoms with Gasteiger partial charge in [-0.3, -0.25) is 4.90 Å². The van der Waals surface area contributed by atoms with E-state index in [4.69, 9.17) is 10.9 Å². The summed E-state index contributed by atoms with van der Waals surface area (Å²) in [5, 5.41) is 14.4. The molecule has 1 aromatic rings. The number of hydrogen-bond donors (Lipinski definition) is 3. The number of carbonyl (C=O) groups is 1. The Kier molecular flexibility index (Phi) is 4.99. The number of anilines is 1. The van der Waals surface area contributed by atoms with Crippen LogP contribution >= 0.6 is 0 Å². The number of nitrogens with zero attached hydrogens (tertiary/aromatic N) is 3.